The van der Waals surface area contributed by atoms with E-state index in [1.807, 2.05) is 0 Å². The molecule has 20 heavy (non-hydrogen) atoms. The maximum Gasteiger partial charge on any atom is 0.335 e. The number of carbonyl (C=O) groups is 1. The molecule has 2 aromatic carbocycles. The monoisotopic (exact) mass is 329 g/mol. The Kier molecular flexibility index (Phi) is 4.76. The van der Waals surface area contributed by atoms with Crippen molar-refractivity contribution < 1.29 is 9.90 Å². The molecule has 6 heteroatoms. The van der Waals surface area contributed by atoms with Crippen LogP contribution in [0, 0.1) is 0 Å². The molecule has 0 aliphatic carbocycles. The van der Waals surface area contributed by atoms with Gasteiger partial charge >= 0.3 is 5.97 Å². The second kappa shape index (κ2) is 6.35. The summed E-state index contributed by atoms with van der Waals surface area (Å²) in [6.45, 7) is 0.498. The summed E-state index contributed by atoms with van der Waals surface area (Å²) in [6, 6.07) is 9.80. The highest BCUT2D eigenvalue weighted by molar-refractivity contribution is 6.44. The summed E-state index contributed by atoms with van der Waals surface area (Å²) in [4.78, 5) is 10.7. The minimum Gasteiger partial charge on any atom is -0.478 e. The molecule has 0 aromatic heterocycles. The Bertz CT molecular complexity index is 642. The third-order valence-corrected chi connectivity index (χ3v) is 3.73. The third kappa shape index (κ3) is 3.57. The van der Waals surface area contributed by atoms with Gasteiger partial charge in [0.1, 0.15) is 0 Å². The van der Waals surface area contributed by atoms with E-state index < -0.39 is 5.97 Å². The van der Waals surface area contributed by atoms with Crippen LogP contribution in [0.1, 0.15) is 15.9 Å². The standard InChI is InChI=1S/C14H10Cl3NO2/c15-10-5-12(17)13(6-11(10)16)18-7-8-1-3-9(4-2-8)14(19)20/h1-6,18H,7H2,(H,19,20). The lowest BCUT2D eigenvalue weighted by Crippen LogP contribution is -2.01. The highest BCUT2D eigenvalue weighted by Gasteiger charge is 2.06. The molecule has 3 nitrogen and oxygen atoms in total. The van der Waals surface area contributed by atoms with Crippen molar-refractivity contribution in [3.8, 4) is 0 Å². The summed E-state index contributed by atoms with van der Waals surface area (Å²) < 4.78 is 0. The van der Waals surface area contributed by atoms with Gasteiger partial charge in [0.05, 0.1) is 26.3 Å². The first-order valence-electron chi connectivity index (χ1n) is 5.68. The number of hydrogen-bond donors (Lipinski definition) is 2. The Morgan fingerprint density at radius 1 is 1.00 bits per heavy atom. The Morgan fingerprint density at radius 3 is 2.20 bits per heavy atom. The minimum absolute atomic E-state index is 0.251. The van der Waals surface area contributed by atoms with Crippen LogP contribution in [0.3, 0.4) is 0 Å². The van der Waals surface area contributed by atoms with Gasteiger partial charge in [-0.2, -0.15) is 0 Å². The van der Waals surface area contributed by atoms with Gasteiger partial charge < -0.3 is 10.4 Å². The predicted octanol–water partition coefficient (Wildman–Crippen LogP) is 4.96. The maximum atomic E-state index is 10.7. The van der Waals surface area contributed by atoms with Crippen molar-refractivity contribution in [3.63, 3.8) is 0 Å². The van der Waals surface area contributed by atoms with Crippen molar-refractivity contribution in [3.05, 3.63) is 62.6 Å². The number of halogens is 3. The summed E-state index contributed by atoms with van der Waals surface area (Å²) in [6.07, 6.45) is 0. The summed E-state index contributed by atoms with van der Waals surface area (Å²) in [5, 5.41) is 13.2. The van der Waals surface area contributed by atoms with Gasteiger partial charge in [0.15, 0.2) is 0 Å². The number of hydrogen-bond acceptors (Lipinski definition) is 2. The van der Waals surface area contributed by atoms with Crippen LogP contribution in [0.2, 0.25) is 15.1 Å². The molecule has 0 aliphatic rings. The summed E-state index contributed by atoms with van der Waals surface area (Å²) in [5.41, 5.74) is 1.85. The lowest BCUT2D eigenvalue weighted by molar-refractivity contribution is 0.0697. The number of benzene rings is 2. The molecule has 0 fully saturated rings. The predicted molar refractivity (Wildman–Crippen MR) is 82.2 cm³/mol. The summed E-state index contributed by atoms with van der Waals surface area (Å²) in [7, 11) is 0. The topological polar surface area (TPSA) is 49.3 Å². The summed E-state index contributed by atoms with van der Waals surface area (Å²) >= 11 is 17.8. The second-order valence-electron chi connectivity index (χ2n) is 4.10. The smallest absolute Gasteiger partial charge is 0.335 e. The van der Waals surface area contributed by atoms with Crippen LogP contribution in [-0.4, -0.2) is 11.1 Å². The minimum atomic E-state index is -0.947. The molecular weight excluding hydrogens is 321 g/mol. The maximum absolute atomic E-state index is 10.7. The van der Waals surface area contributed by atoms with E-state index in [-0.39, 0.29) is 5.56 Å². The largest absolute Gasteiger partial charge is 0.478 e. The van der Waals surface area contributed by atoms with Crippen molar-refractivity contribution in [2.75, 3.05) is 5.32 Å². The van der Waals surface area contributed by atoms with Crippen LogP contribution in [0.4, 0.5) is 5.69 Å². The van der Waals surface area contributed by atoms with Crippen LogP contribution < -0.4 is 5.32 Å². The molecule has 0 heterocycles. The van der Waals surface area contributed by atoms with Gasteiger partial charge in [-0.1, -0.05) is 46.9 Å². The molecular formula is C14H10Cl3NO2. The Labute approximate surface area is 131 Å². The molecule has 0 saturated carbocycles. The van der Waals surface area contributed by atoms with E-state index in [2.05, 4.69) is 5.32 Å². The zero-order valence-electron chi connectivity index (χ0n) is 10.2. The van der Waals surface area contributed by atoms with E-state index in [4.69, 9.17) is 39.9 Å². The fraction of sp³-hybridized carbons (Fsp3) is 0.0714. The lowest BCUT2D eigenvalue weighted by Gasteiger charge is -2.10. The quantitative estimate of drug-likeness (QED) is 0.779. The van der Waals surface area contributed by atoms with Gasteiger partial charge in [0, 0.05) is 6.54 Å². The normalized spacial score (nSPS) is 10.3. The van der Waals surface area contributed by atoms with Crippen molar-refractivity contribution in [1.82, 2.24) is 0 Å². The molecule has 2 N–H and O–H groups in total. The molecule has 2 rings (SSSR count). The Balaban J connectivity index is 2.09. The molecule has 2 aromatic rings. The van der Waals surface area contributed by atoms with Gasteiger partial charge in [0.25, 0.3) is 0 Å². The second-order valence-corrected chi connectivity index (χ2v) is 5.32. The average molecular weight is 331 g/mol. The average Bonchev–Trinajstić information content (AvgIpc) is 2.42. The van der Waals surface area contributed by atoms with Crippen molar-refractivity contribution in [2.24, 2.45) is 0 Å². The molecule has 0 amide bonds. The fourth-order valence-electron chi connectivity index (χ4n) is 1.62. The van der Waals surface area contributed by atoms with E-state index in [1.165, 1.54) is 0 Å². The van der Waals surface area contributed by atoms with Crippen LogP contribution in [0.15, 0.2) is 36.4 Å². The first kappa shape index (κ1) is 15.0. The van der Waals surface area contributed by atoms with Gasteiger partial charge in [-0.15, -0.1) is 0 Å². The van der Waals surface area contributed by atoms with Crippen LogP contribution in [0.25, 0.3) is 0 Å². The third-order valence-electron chi connectivity index (χ3n) is 2.69. The highest BCUT2D eigenvalue weighted by atomic mass is 35.5. The Morgan fingerprint density at radius 2 is 1.60 bits per heavy atom. The van der Waals surface area contributed by atoms with Crippen LogP contribution in [0.5, 0.6) is 0 Å². The number of rotatable bonds is 4. The number of anilines is 1. The van der Waals surface area contributed by atoms with E-state index >= 15 is 0 Å². The Hall–Kier alpha value is -1.42. The van der Waals surface area contributed by atoms with Gasteiger partial charge in [-0.05, 0) is 29.8 Å². The first-order chi connectivity index (χ1) is 9.47. The zero-order chi connectivity index (χ0) is 14.7. The molecule has 0 bridgehead atoms. The molecule has 0 atom stereocenters. The number of aromatic carboxylic acids is 1. The summed E-state index contributed by atoms with van der Waals surface area (Å²) in [5.74, 6) is -0.947. The van der Waals surface area contributed by atoms with E-state index in [9.17, 15) is 4.79 Å². The van der Waals surface area contributed by atoms with Crippen LogP contribution in [-0.2, 0) is 6.54 Å². The SMILES string of the molecule is O=C(O)c1ccc(CNc2cc(Cl)c(Cl)cc2Cl)cc1. The van der Waals surface area contributed by atoms with E-state index in [0.717, 1.165) is 5.56 Å². The van der Waals surface area contributed by atoms with Crippen molar-refractivity contribution in [1.29, 1.82) is 0 Å². The number of nitrogens with one attached hydrogen (secondary N) is 1. The van der Waals surface area contributed by atoms with Crippen molar-refractivity contribution in [2.45, 2.75) is 6.54 Å². The van der Waals surface area contributed by atoms with Crippen molar-refractivity contribution >= 4 is 46.5 Å². The van der Waals surface area contributed by atoms with E-state index in [1.54, 1.807) is 36.4 Å². The number of carboxylic acids is 1. The molecule has 0 spiro atoms. The van der Waals surface area contributed by atoms with Gasteiger partial charge in [-0.25, -0.2) is 4.79 Å². The zero-order valence-corrected chi connectivity index (χ0v) is 12.4. The van der Waals surface area contributed by atoms with Gasteiger partial charge in [-0.3, -0.25) is 0 Å². The fourth-order valence-corrected chi connectivity index (χ4v) is 2.23. The first-order valence-corrected chi connectivity index (χ1v) is 6.81. The molecule has 0 radical (unpaired) electrons. The van der Waals surface area contributed by atoms with E-state index in [0.29, 0.717) is 27.3 Å². The molecule has 104 valence electrons. The molecule has 0 unspecified atom stereocenters. The molecule has 0 aliphatic heterocycles. The molecule has 0 saturated heterocycles. The number of carboxylic acid groups (broad SMARTS) is 1. The van der Waals surface area contributed by atoms with Gasteiger partial charge in [0.2, 0.25) is 0 Å². The van der Waals surface area contributed by atoms with Crippen LogP contribution >= 0.6 is 34.8 Å². The highest BCUT2D eigenvalue weighted by Crippen LogP contribution is 2.32. The lowest BCUT2D eigenvalue weighted by atomic mass is 10.1.